The molecule has 2 N–H and O–H groups in total. The summed E-state index contributed by atoms with van der Waals surface area (Å²) in [5.74, 6) is -3.67. The molecule has 2 aromatic rings. The van der Waals surface area contributed by atoms with Crippen molar-refractivity contribution in [1.82, 2.24) is 14.8 Å². The summed E-state index contributed by atoms with van der Waals surface area (Å²) < 4.78 is 40.2. The van der Waals surface area contributed by atoms with Crippen LogP contribution in [0.5, 0.6) is 0 Å². The molecule has 0 saturated carbocycles. The second-order valence-electron chi connectivity index (χ2n) is 7.29. The van der Waals surface area contributed by atoms with Gasteiger partial charge in [0.15, 0.2) is 11.6 Å². The Balaban J connectivity index is 0.00000341. The largest absolute Gasteiger partial charge is 0.341 e. The fraction of sp³-hybridized carbons (Fsp3) is 0.381. The topological polar surface area (TPSA) is 79.5 Å². The highest BCUT2D eigenvalue weighted by Gasteiger charge is 2.24. The second kappa shape index (κ2) is 11.1. The molecule has 1 fully saturated rings. The Bertz CT molecular complexity index is 917. The highest BCUT2D eigenvalue weighted by Crippen LogP contribution is 2.16. The molecular formula is C21H24ClF3N4O2. The van der Waals surface area contributed by atoms with E-state index in [1.165, 1.54) is 6.20 Å². The highest BCUT2D eigenvalue weighted by atomic mass is 35.5. The molecule has 1 aliphatic rings. The summed E-state index contributed by atoms with van der Waals surface area (Å²) in [6.07, 6.45) is 3.57. The Kier molecular flexibility index (Phi) is 8.82. The van der Waals surface area contributed by atoms with Crippen LogP contribution < -0.4 is 5.73 Å². The molecule has 0 aliphatic carbocycles. The highest BCUT2D eigenvalue weighted by molar-refractivity contribution is 5.94. The molecular weight excluding hydrogens is 433 g/mol. The Morgan fingerprint density at radius 1 is 1.03 bits per heavy atom. The summed E-state index contributed by atoms with van der Waals surface area (Å²) in [5.41, 5.74) is 6.38. The minimum Gasteiger partial charge on any atom is -0.341 e. The fourth-order valence-corrected chi connectivity index (χ4v) is 3.47. The zero-order chi connectivity index (χ0) is 21.7. The summed E-state index contributed by atoms with van der Waals surface area (Å²) >= 11 is 0. The second-order valence-corrected chi connectivity index (χ2v) is 7.29. The Morgan fingerprint density at radius 2 is 1.71 bits per heavy atom. The van der Waals surface area contributed by atoms with Crippen LogP contribution in [0.25, 0.3) is 0 Å². The summed E-state index contributed by atoms with van der Waals surface area (Å²) in [6.45, 7) is 1.73. The molecule has 6 nitrogen and oxygen atoms in total. The van der Waals surface area contributed by atoms with E-state index in [1.807, 2.05) is 0 Å². The van der Waals surface area contributed by atoms with Crippen LogP contribution in [0, 0.1) is 17.5 Å². The van der Waals surface area contributed by atoms with Gasteiger partial charge in [-0.2, -0.15) is 0 Å². The molecule has 1 atom stereocenters. The van der Waals surface area contributed by atoms with Crippen LogP contribution in [0.4, 0.5) is 13.2 Å². The van der Waals surface area contributed by atoms with E-state index in [2.05, 4.69) is 4.98 Å². The number of halogens is 4. The van der Waals surface area contributed by atoms with Crippen LogP contribution in [-0.2, 0) is 11.2 Å². The number of carbonyl (C=O) groups is 2. The average Bonchev–Trinajstić information content (AvgIpc) is 2.98. The number of amides is 2. The predicted octanol–water partition coefficient (Wildman–Crippen LogP) is 2.56. The number of aromatic nitrogens is 1. The number of hydrogen-bond acceptors (Lipinski definition) is 4. The number of rotatable bonds is 5. The van der Waals surface area contributed by atoms with Crippen LogP contribution in [0.3, 0.4) is 0 Å². The molecule has 2 heterocycles. The van der Waals surface area contributed by atoms with Crippen molar-refractivity contribution in [2.24, 2.45) is 5.73 Å². The van der Waals surface area contributed by atoms with Gasteiger partial charge in [0.1, 0.15) is 5.82 Å². The Labute approximate surface area is 184 Å². The van der Waals surface area contributed by atoms with Gasteiger partial charge in [-0.1, -0.05) is 0 Å². The van der Waals surface area contributed by atoms with Gasteiger partial charge in [0.05, 0.1) is 5.56 Å². The first-order valence-corrected chi connectivity index (χ1v) is 9.71. The quantitative estimate of drug-likeness (QED) is 0.701. The first-order valence-electron chi connectivity index (χ1n) is 9.71. The molecule has 0 radical (unpaired) electrons. The van der Waals surface area contributed by atoms with Gasteiger partial charge in [-0.3, -0.25) is 14.6 Å². The third-order valence-corrected chi connectivity index (χ3v) is 5.05. The molecule has 168 valence electrons. The summed E-state index contributed by atoms with van der Waals surface area (Å²) in [6, 6.07) is 3.89. The Morgan fingerprint density at radius 3 is 2.42 bits per heavy atom. The lowest BCUT2D eigenvalue weighted by molar-refractivity contribution is -0.131. The molecule has 1 aromatic carbocycles. The van der Waals surface area contributed by atoms with Crippen molar-refractivity contribution in [3.8, 4) is 0 Å². The van der Waals surface area contributed by atoms with Crippen molar-refractivity contribution in [2.45, 2.75) is 25.3 Å². The van der Waals surface area contributed by atoms with Crippen LogP contribution in [0.2, 0.25) is 0 Å². The summed E-state index contributed by atoms with van der Waals surface area (Å²) in [5, 5.41) is 0. The molecule has 10 heteroatoms. The van der Waals surface area contributed by atoms with E-state index in [1.54, 1.807) is 28.1 Å². The first-order chi connectivity index (χ1) is 14.3. The van der Waals surface area contributed by atoms with Gasteiger partial charge in [0, 0.05) is 57.1 Å². The normalized spacial score (nSPS) is 15.1. The lowest BCUT2D eigenvalue weighted by Crippen LogP contribution is -2.40. The van der Waals surface area contributed by atoms with E-state index >= 15 is 0 Å². The van der Waals surface area contributed by atoms with Gasteiger partial charge < -0.3 is 15.5 Å². The smallest absolute Gasteiger partial charge is 0.255 e. The van der Waals surface area contributed by atoms with Crippen LogP contribution >= 0.6 is 12.4 Å². The zero-order valence-electron chi connectivity index (χ0n) is 16.8. The van der Waals surface area contributed by atoms with Crippen molar-refractivity contribution in [2.75, 3.05) is 26.2 Å². The number of benzene rings is 1. The maximum atomic E-state index is 13.8. The van der Waals surface area contributed by atoms with Gasteiger partial charge in [-0.15, -0.1) is 12.4 Å². The van der Waals surface area contributed by atoms with E-state index < -0.39 is 23.5 Å². The first kappa shape index (κ1) is 24.6. The van der Waals surface area contributed by atoms with Crippen molar-refractivity contribution < 1.29 is 22.8 Å². The molecule has 3 rings (SSSR count). The van der Waals surface area contributed by atoms with Crippen LogP contribution in [0.15, 0.2) is 36.7 Å². The molecule has 1 aliphatic heterocycles. The van der Waals surface area contributed by atoms with Crippen molar-refractivity contribution in [1.29, 1.82) is 0 Å². The van der Waals surface area contributed by atoms with Gasteiger partial charge >= 0.3 is 0 Å². The molecule has 0 unspecified atom stereocenters. The molecule has 31 heavy (non-hydrogen) atoms. The molecule has 1 saturated heterocycles. The lowest BCUT2D eigenvalue weighted by atomic mass is 10.0. The van der Waals surface area contributed by atoms with Crippen LogP contribution in [-0.4, -0.2) is 58.8 Å². The van der Waals surface area contributed by atoms with Crippen molar-refractivity contribution in [3.05, 3.63) is 65.2 Å². The number of nitrogens with zero attached hydrogens (tertiary/aromatic N) is 3. The minimum absolute atomic E-state index is 0. The molecule has 2 amide bonds. The monoisotopic (exact) mass is 456 g/mol. The average molecular weight is 457 g/mol. The molecule has 0 spiro atoms. The molecule has 0 bridgehead atoms. The van der Waals surface area contributed by atoms with E-state index in [0.29, 0.717) is 44.2 Å². The minimum atomic E-state index is -1.27. The summed E-state index contributed by atoms with van der Waals surface area (Å²) in [4.78, 5) is 32.4. The maximum Gasteiger partial charge on any atom is 0.255 e. The van der Waals surface area contributed by atoms with Crippen molar-refractivity contribution >= 4 is 24.2 Å². The van der Waals surface area contributed by atoms with Crippen LogP contribution in [0.1, 0.15) is 28.8 Å². The fourth-order valence-electron chi connectivity index (χ4n) is 3.47. The number of pyridine rings is 1. The number of nitrogens with two attached hydrogens (primary N) is 1. The standard InChI is InChI=1S/C21H23F3N4O2.ClH/c22-17-12-19(24)18(23)10-15(17)9-16(25)11-20(29)27-5-2-6-28(8-7-27)21(30)14-3-1-4-26-13-14;/h1,3-4,10,12-13,16H,2,5-9,11,25H2;1H/t16-;/m1./s1. The van der Waals surface area contributed by atoms with Crippen molar-refractivity contribution in [3.63, 3.8) is 0 Å². The third-order valence-electron chi connectivity index (χ3n) is 5.05. The number of carbonyl (C=O) groups excluding carboxylic acids is 2. The lowest BCUT2D eigenvalue weighted by Gasteiger charge is -2.23. The van der Waals surface area contributed by atoms with E-state index in [0.717, 1.165) is 6.07 Å². The maximum absolute atomic E-state index is 13.8. The molecule has 1 aromatic heterocycles. The predicted molar refractivity (Wildman–Crippen MR) is 111 cm³/mol. The Hall–Kier alpha value is -2.65. The third kappa shape index (κ3) is 6.41. The summed E-state index contributed by atoms with van der Waals surface area (Å²) in [7, 11) is 0. The van der Waals surface area contributed by atoms with Gasteiger partial charge in [-0.25, -0.2) is 13.2 Å². The van der Waals surface area contributed by atoms with Gasteiger partial charge in [-0.05, 0) is 36.6 Å². The van der Waals surface area contributed by atoms with E-state index in [-0.39, 0.29) is 42.6 Å². The van der Waals surface area contributed by atoms with Gasteiger partial charge in [0.25, 0.3) is 5.91 Å². The zero-order valence-corrected chi connectivity index (χ0v) is 17.6. The van der Waals surface area contributed by atoms with E-state index in [4.69, 9.17) is 5.73 Å². The number of hydrogen-bond donors (Lipinski definition) is 1. The van der Waals surface area contributed by atoms with E-state index in [9.17, 15) is 22.8 Å². The SMILES string of the molecule is Cl.N[C@@H](CC(=O)N1CCCN(C(=O)c2cccnc2)CC1)Cc1cc(F)c(F)cc1F. The van der Waals surface area contributed by atoms with Gasteiger partial charge in [0.2, 0.25) is 5.91 Å².